The fourth-order valence-electron chi connectivity index (χ4n) is 2.39. The van der Waals surface area contributed by atoms with E-state index in [0.717, 1.165) is 23.8 Å². The van der Waals surface area contributed by atoms with Crippen molar-refractivity contribution in [1.82, 2.24) is 5.32 Å². The van der Waals surface area contributed by atoms with Gasteiger partial charge in [0.2, 0.25) is 0 Å². The van der Waals surface area contributed by atoms with Crippen molar-refractivity contribution in [1.29, 1.82) is 0 Å². The van der Waals surface area contributed by atoms with E-state index >= 15 is 0 Å². The van der Waals surface area contributed by atoms with Crippen LogP contribution >= 0.6 is 0 Å². The molecular formula is C12H23N. The molecule has 0 aromatic rings. The second-order valence-corrected chi connectivity index (χ2v) is 5.32. The van der Waals surface area contributed by atoms with Crippen molar-refractivity contribution in [3.05, 3.63) is 0 Å². The highest BCUT2D eigenvalue weighted by atomic mass is 14.9. The molecule has 0 unspecified atom stereocenters. The highest BCUT2D eigenvalue weighted by Crippen LogP contribution is 2.31. The van der Waals surface area contributed by atoms with Crippen LogP contribution < -0.4 is 5.32 Å². The molecule has 76 valence electrons. The van der Waals surface area contributed by atoms with Gasteiger partial charge in [-0.3, -0.25) is 0 Å². The van der Waals surface area contributed by atoms with E-state index in [9.17, 15) is 0 Å². The SMILES string of the molecule is C[C@@H]1CC[C@H](NCC2CC2)C[C@@H]1C. The third-order valence-corrected chi connectivity index (χ3v) is 3.99. The summed E-state index contributed by atoms with van der Waals surface area (Å²) in [7, 11) is 0. The molecule has 3 atom stereocenters. The van der Waals surface area contributed by atoms with Crippen LogP contribution in [0.4, 0.5) is 0 Å². The van der Waals surface area contributed by atoms with Crippen molar-refractivity contribution in [2.45, 2.75) is 52.0 Å². The van der Waals surface area contributed by atoms with Gasteiger partial charge in [-0.1, -0.05) is 13.8 Å². The first-order chi connectivity index (χ1) is 6.25. The molecule has 2 rings (SSSR count). The second-order valence-electron chi connectivity index (χ2n) is 5.32. The van der Waals surface area contributed by atoms with Gasteiger partial charge in [-0.15, -0.1) is 0 Å². The lowest BCUT2D eigenvalue weighted by atomic mass is 9.79. The summed E-state index contributed by atoms with van der Waals surface area (Å²) in [6, 6.07) is 0.840. The predicted octanol–water partition coefficient (Wildman–Crippen LogP) is 2.81. The van der Waals surface area contributed by atoms with E-state index < -0.39 is 0 Å². The summed E-state index contributed by atoms with van der Waals surface area (Å²) in [5.41, 5.74) is 0. The maximum absolute atomic E-state index is 3.73. The highest BCUT2D eigenvalue weighted by Gasteiger charge is 2.26. The van der Waals surface area contributed by atoms with Crippen LogP contribution in [0.1, 0.15) is 46.0 Å². The lowest BCUT2D eigenvalue weighted by Crippen LogP contribution is -2.37. The van der Waals surface area contributed by atoms with Crippen LogP contribution in [0.3, 0.4) is 0 Å². The van der Waals surface area contributed by atoms with Gasteiger partial charge in [-0.25, -0.2) is 0 Å². The maximum Gasteiger partial charge on any atom is 0.00699 e. The zero-order chi connectivity index (χ0) is 9.26. The maximum atomic E-state index is 3.73. The van der Waals surface area contributed by atoms with Gasteiger partial charge < -0.3 is 5.32 Å². The van der Waals surface area contributed by atoms with Crippen molar-refractivity contribution < 1.29 is 0 Å². The van der Waals surface area contributed by atoms with E-state index in [2.05, 4.69) is 19.2 Å². The largest absolute Gasteiger partial charge is 0.314 e. The van der Waals surface area contributed by atoms with Crippen LogP contribution in [0.25, 0.3) is 0 Å². The molecule has 2 saturated carbocycles. The third kappa shape index (κ3) is 2.70. The molecule has 2 fully saturated rings. The Hall–Kier alpha value is -0.0400. The second kappa shape index (κ2) is 4.00. The van der Waals surface area contributed by atoms with Crippen molar-refractivity contribution in [2.75, 3.05) is 6.54 Å². The van der Waals surface area contributed by atoms with Gasteiger partial charge in [0.1, 0.15) is 0 Å². The molecule has 0 spiro atoms. The predicted molar refractivity (Wildman–Crippen MR) is 56.7 cm³/mol. The van der Waals surface area contributed by atoms with Crippen molar-refractivity contribution in [2.24, 2.45) is 17.8 Å². The molecule has 2 aliphatic rings. The van der Waals surface area contributed by atoms with Gasteiger partial charge in [-0.2, -0.15) is 0 Å². The standard InChI is InChI=1S/C12H23N/c1-9-3-6-12(7-10(9)2)13-8-11-4-5-11/h9-13H,3-8H2,1-2H3/t9-,10+,12+/m1/s1. The Kier molecular flexibility index (Phi) is 2.92. The Morgan fingerprint density at radius 3 is 2.38 bits per heavy atom. The number of nitrogens with one attached hydrogen (secondary N) is 1. The summed E-state index contributed by atoms with van der Waals surface area (Å²) >= 11 is 0. The minimum atomic E-state index is 0.840. The Bertz CT molecular complexity index is 163. The molecule has 0 heterocycles. The topological polar surface area (TPSA) is 12.0 Å². The quantitative estimate of drug-likeness (QED) is 0.706. The first kappa shape index (κ1) is 9.51. The number of rotatable bonds is 3. The molecule has 0 radical (unpaired) electrons. The Balaban J connectivity index is 1.68. The molecular weight excluding hydrogens is 158 g/mol. The van der Waals surface area contributed by atoms with E-state index in [1.165, 1.54) is 38.6 Å². The normalized spacial score (nSPS) is 40.6. The minimum absolute atomic E-state index is 0.840. The molecule has 0 aromatic carbocycles. The molecule has 0 bridgehead atoms. The van der Waals surface area contributed by atoms with Gasteiger partial charge in [0.25, 0.3) is 0 Å². The fourth-order valence-corrected chi connectivity index (χ4v) is 2.39. The zero-order valence-corrected chi connectivity index (χ0v) is 9.05. The fraction of sp³-hybridized carbons (Fsp3) is 1.00. The number of hydrogen-bond acceptors (Lipinski definition) is 1. The summed E-state index contributed by atoms with van der Waals surface area (Å²) < 4.78 is 0. The smallest absolute Gasteiger partial charge is 0.00699 e. The molecule has 1 heteroatoms. The van der Waals surface area contributed by atoms with Gasteiger partial charge >= 0.3 is 0 Å². The molecule has 0 aliphatic heterocycles. The Labute approximate surface area is 82.3 Å². The first-order valence-corrected chi connectivity index (χ1v) is 5.99. The summed E-state index contributed by atoms with van der Waals surface area (Å²) in [5.74, 6) is 2.93. The first-order valence-electron chi connectivity index (χ1n) is 5.99. The van der Waals surface area contributed by atoms with E-state index in [4.69, 9.17) is 0 Å². The van der Waals surface area contributed by atoms with Crippen LogP contribution in [0, 0.1) is 17.8 Å². The molecule has 13 heavy (non-hydrogen) atoms. The summed E-state index contributed by atoms with van der Waals surface area (Å²) in [5, 5.41) is 3.73. The molecule has 1 N–H and O–H groups in total. The van der Waals surface area contributed by atoms with Crippen LogP contribution in [0.5, 0.6) is 0 Å². The number of hydrogen-bond donors (Lipinski definition) is 1. The minimum Gasteiger partial charge on any atom is -0.314 e. The zero-order valence-electron chi connectivity index (χ0n) is 9.05. The lowest BCUT2D eigenvalue weighted by molar-refractivity contribution is 0.225. The summed E-state index contributed by atoms with van der Waals surface area (Å²) in [6.45, 7) is 6.11. The molecule has 0 aromatic heterocycles. The van der Waals surface area contributed by atoms with Gasteiger partial charge in [0, 0.05) is 6.04 Å². The molecule has 1 nitrogen and oxygen atoms in total. The van der Waals surface area contributed by atoms with Crippen LogP contribution in [0.15, 0.2) is 0 Å². The molecule has 2 aliphatic carbocycles. The van der Waals surface area contributed by atoms with Gasteiger partial charge in [-0.05, 0) is 56.4 Å². The highest BCUT2D eigenvalue weighted by molar-refractivity contribution is 4.83. The molecule has 0 amide bonds. The van der Waals surface area contributed by atoms with Crippen LogP contribution in [0.2, 0.25) is 0 Å². The Morgan fingerprint density at radius 2 is 1.77 bits per heavy atom. The van der Waals surface area contributed by atoms with Crippen LogP contribution in [-0.4, -0.2) is 12.6 Å². The average molecular weight is 181 g/mol. The van der Waals surface area contributed by atoms with E-state index in [1.54, 1.807) is 0 Å². The van der Waals surface area contributed by atoms with E-state index in [0.29, 0.717) is 0 Å². The van der Waals surface area contributed by atoms with Gasteiger partial charge in [0.15, 0.2) is 0 Å². The summed E-state index contributed by atoms with van der Waals surface area (Å²) in [4.78, 5) is 0. The van der Waals surface area contributed by atoms with Gasteiger partial charge in [0.05, 0.1) is 0 Å². The molecule has 0 saturated heterocycles. The Morgan fingerprint density at radius 1 is 1.00 bits per heavy atom. The van der Waals surface area contributed by atoms with E-state index in [-0.39, 0.29) is 0 Å². The van der Waals surface area contributed by atoms with Crippen LogP contribution in [-0.2, 0) is 0 Å². The summed E-state index contributed by atoms with van der Waals surface area (Å²) in [6.07, 6.45) is 7.22. The third-order valence-electron chi connectivity index (χ3n) is 3.99. The van der Waals surface area contributed by atoms with E-state index in [1.807, 2.05) is 0 Å². The van der Waals surface area contributed by atoms with Crippen molar-refractivity contribution >= 4 is 0 Å². The average Bonchev–Trinajstić information content (AvgIpc) is 2.91. The van der Waals surface area contributed by atoms with Crippen molar-refractivity contribution in [3.63, 3.8) is 0 Å². The monoisotopic (exact) mass is 181 g/mol. The van der Waals surface area contributed by atoms with Crippen molar-refractivity contribution in [3.8, 4) is 0 Å². The lowest BCUT2D eigenvalue weighted by Gasteiger charge is -2.32.